The summed E-state index contributed by atoms with van der Waals surface area (Å²) in [6, 6.07) is 16.6. The molecule has 0 aliphatic carbocycles. The summed E-state index contributed by atoms with van der Waals surface area (Å²) in [6.07, 6.45) is 0. The molecule has 1 unspecified atom stereocenters. The first-order valence-corrected chi connectivity index (χ1v) is 11.6. The Morgan fingerprint density at radius 2 is 1.71 bits per heavy atom. The van der Waals surface area contributed by atoms with E-state index in [0.717, 1.165) is 11.1 Å². The van der Waals surface area contributed by atoms with Gasteiger partial charge in [-0.05, 0) is 74.4 Å². The van der Waals surface area contributed by atoms with Gasteiger partial charge in [0.15, 0.2) is 11.5 Å². The van der Waals surface area contributed by atoms with E-state index < -0.39 is 17.7 Å². The largest absolute Gasteiger partial charge is 0.507 e. The standard InChI is InChI=1S/C28H26ClNO5/c1-5-35-23-15-18(8-13-22(23)34-4)25-24(26(31)21-14-16(2)6-7-17(21)3)27(32)28(33)30(25)20-11-9-19(29)10-12-20/h6-15,25,31H,5H2,1-4H3/b26-24+. The number of ketones is 1. The first kappa shape index (κ1) is 24.4. The lowest BCUT2D eigenvalue weighted by molar-refractivity contribution is -0.132. The van der Waals surface area contributed by atoms with Crippen LogP contribution in [-0.4, -0.2) is 30.5 Å². The van der Waals surface area contributed by atoms with Crippen LogP contribution in [0.1, 0.15) is 35.2 Å². The predicted molar refractivity (Wildman–Crippen MR) is 136 cm³/mol. The number of amides is 1. The number of nitrogens with zero attached hydrogens (tertiary/aromatic N) is 1. The summed E-state index contributed by atoms with van der Waals surface area (Å²) < 4.78 is 11.2. The number of aliphatic hydroxyl groups excluding tert-OH is 1. The van der Waals surface area contributed by atoms with Crippen LogP contribution in [0.2, 0.25) is 5.02 Å². The Balaban J connectivity index is 1.99. The fourth-order valence-corrected chi connectivity index (χ4v) is 4.41. The molecule has 1 atom stereocenters. The van der Waals surface area contributed by atoms with Crippen molar-refractivity contribution in [3.05, 3.63) is 93.5 Å². The number of anilines is 1. The van der Waals surface area contributed by atoms with Crippen molar-refractivity contribution in [2.75, 3.05) is 18.6 Å². The summed E-state index contributed by atoms with van der Waals surface area (Å²) in [5.74, 6) is -0.732. The Bertz CT molecular complexity index is 1330. The molecule has 1 N–H and O–H groups in total. The third-order valence-electron chi connectivity index (χ3n) is 6.00. The first-order valence-electron chi connectivity index (χ1n) is 11.2. The second kappa shape index (κ2) is 9.84. The lowest BCUT2D eigenvalue weighted by atomic mass is 9.93. The number of aryl methyl sites for hydroxylation is 2. The van der Waals surface area contributed by atoms with Crippen LogP contribution in [-0.2, 0) is 9.59 Å². The minimum Gasteiger partial charge on any atom is -0.507 e. The van der Waals surface area contributed by atoms with Crippen LogP contribution >= 0.6 is 11.6 Å². The summed E-state index contributed by atoms with van der Waals surface area (Å²) in [7, 11) is 1.54. The highest BCUT2D eigenvalue weighted by molar-refractivity contribution is 6.51. The Hall–Kier alpha value is -3.77. The van der Waals surface area contributed by atoms with E-state index >= 15 is 0 Å². The van der Waals surface area contributed by atoms with Crippen LogP contribution in [0, 0.1) is 13.8 Å². The number of Topliss-reactive ketones (excluding diaryl/α,β-unsaturated/α-hetero) is 1. The van der Waals surface area contributed by atoms with Crippen molar-refractivity contribution in [2.24, 2.45) is 0 Å². The molecule has 1 saturated heterocycles. The first-order chi connectivity index (χ1) is 16.8. The molecule has 1 amide bonds. The van der Waals surface area contributed by atoms with Crippen molar-refractivity contribution < 1.29 is 24.2 Å². The fourth-order valence-electron chi connectivity index (χ4n) is 4.28. The summed E-state index contributed by atoms with van der Waals surface area (Å²) in [6.45, 7) is 6.00. The highest BCUT2D eigenvalue weighted by atomic mass is 35.5. The number of rotatable bonds is 6. The maximum absolute atomic E-state index is 13.4. The quantitative estimate of drug-likeness (QED) is 0.260. The molecular formula is C28H26ClNO5. The third-order valence-corrected chi connectivity index (χ3v) is 6.25. The van der Waals surface area contributed by atoms with Gasteiger partial charge in [0, 0.05) is 16.3 Å². The summed E-state index contributed by atoms with van der Waals surface area (Å²) in [5.41, 5.74) is 3.29. The number of methoxy groups -OCH3 is 1. The van der Waals surface area contributed by atoms with Crippen molar-refractivity contribution in [3.8, 4) is 11.5 Å². The molecule has 4 rings (SSSR count). The summed E-state index contributed by atoms with van der Waals surface area (Å²) in [5, 5.41) is 11.9. The lowest BCUT2D eigenvalue weighted by Crippen LogP contribution is -2.29. The van der Waals surface area contributed by atoms with Crippen LogP contribution in [0.15, 0.2) is 66.2 Å². The van der Waals surface area contributed by atoms with Gasteiger partial charge in [-0.3, -0.25) is 14.5 Å². The van der Waals surface area contributed by atoms with Gasteiger partial charge in [0.25, 0.3) is 11.7 Å². The molecule has 0 spiro atoms. The minimum atomic E-state index is -0.888. The Kier molecular flexibility index (Phi) is 6.85. The van der Waals surface area contributed by atoms with Gasteiger partial charge in [0.05, 0.1) is 25.3 Å². The monoisotopic (exact) mass is 491 g/mol. The number of aliphatic hydroxyl groups is 1. The topological polar surface area (TPSA) is 76.1 Å². The maximum atomic E-state index is 13.4. The SMILES string of the molecule is CCOc1cc(C2/C(=C(\O)c3cc(C)ccc3C)C(=O)C(=O)N2c2ccc(Cl)cc2)ccc1OC. The maximum Gasteiger partial charge on any atom is 0.300 e. The van der Waals surface area contributed by atoms with E-state index in [2.05, 4.69) is 0 Å². The predicted octanol–water partition coefficient (Wildman–Crippen LogP) is 5.99. The second-order valence-corrected chi connectivity index (χ2v) is 8.74. The number of halogens is 1. The molecule has 0 bridgehead atoms. The minimum absolute atomic E-state index is 0.00580. The van der Waals surface area contributed by atoms with Crippen molar-refractivity contribution >= 4 is 34.7 Å². The van der Waals surface area contributed by atoms with Crippen LogP contribution in [0.25, 0.3) is 5.76 Å². The van der Waals surface area contributed by atoms with Gasteiger partial charge in [0.2, 0.25) is 0 Å². The summed E-state index contributed by atoms with van der Waals surface area (Å²) in [4.78, 5) is 28.1. The molecule has 3 aromatic rings. The zero-order valence-corrected chi connectivity index (χ0v) is 20.7. The van der Waals surface area contributed by atoms with E-state index in [1.54, 1.807) is 48.5 Å². The van der Waals surface area contributed by atoms with E-state index in [-0.39, 0.29) is 11.3 Å². The second-order valence-electron chi connectivity index (χ2n) is 8.31. The Labute approximate surface area is 209 Å². The van der Waals surface area contributed by atoms with Crippen molar-refractivity contribution in [1.82, 2.24) is 0 Å². The van der Waals surface area contributed by atoms with Gasteiger partial charge in [-0.1, -0.05) is 35.4 Å². The molecule has 1 fully saturated rings. The van der Waals surface area contributed by atoms with Crippen LogP contribution in [0.4, 0.5) is 5.69 Å². The van der Waals surface area contributed by atoms with Crippen molar-refractivity contribution in [3.63, 3.8) is 0 Å². The van der Waals surface area contributed by atoms with E-state index in [9.17, 15) is 14.7 Å². The number of hydrogen-bond donors (Lipinski definition) is 1. The lowest BCUT2D eigenvalue weighted by Gasteiger charge is -2.26. The van der Waals surface area contributed by atoms with Crippen LogP contribution < -0.4 is 14.4 Å². The highest BCUT2D eigenvalue weighted by Gasteiger charge is 2.47. The zero-order valence-electron chi connectivity index (χ0n) is 20.0. The molecule has 1 aliphatic heterocycles. The highest BCUT2D eigenvalue weighted by Crippen LogP contribution is 2.44. The summed E-state index contributed by atoms with van der Waals surface area (Å²) >= 11 is 6.07. The molecular weight excluding hydrogens is 466 g/mol. The van der Waals surface area contributed by atoms with E-state index in [1.807, 2.05) is 32.9 Å². The molecule has 0 aromatic heterocycles. The molecule has 1 aliphatic rings. The molecule has 180 valence electrons. The average molecular weight is 492 g/mol. The number of carbonyl (C=O) groups is 2. The van der Waals surface area contributed by atoms with Gasteiger partial charge < -0.3 is 14.6 Å². The Morgan fingerprint density at radius 1 is 1.00 bits per heavy atom. The molecule has 35 heavy (non-hydrogen) atoms. The number of hydrogen-bond acceptors (Lipinski definition) is 5. The van der Waals surface area contributed by atoms with Gasteiger partial charge in [-0.15, -0.1) is 0 Å². The molecule has 6 nitrogen and oxygen atoms in total. The molecule has 0 radical (unpaired) electrons. The Morgan fingerprint density at radius 3 is 2.37 bits per heavy atom. The van der Waals surface area contributed by atoms with Gasteiger partial charge in [0.1, 0.15) is 5.76 Å². The fraction of sp³-hybridized carbons (Fsp3) is 0.214. The molecule has 3 aromatic carbocycles. The molecule has 7 heteroatoms. The number of benzene rings is 3. The van der Waals surface area contributed by atoms with E-state index in [0.29, 0.717) is 39.9 Å². The van der Waals surface area contributed by atoms with Crippen LogP contribution in [0.3, 0.4) is 0 Å². The van der Waals surface area contributed by atoms with Crippen LogP contribution in [0.5, 0.6) is 11.5 Å². The molecule has 1 heterocycles. The van der Waals surface area contributed by atoms with Crippen molar-refractivity contribution in [1.29, 1.82) is 0 Å². The van der Waals surface area contributed by atoms with Gasteiger partial charge in [-0.25, -0.2) is 0 Å². The van der Waals surface area contributed by atoms with Gasteiger partial charge in [-0.2, -0.15) is 0 Å². The number of carbonyl (C=O) groups excluding carboxylic acids is 2. The molecule has 0 saturated carbocycles. The third kappa shape index (κ3) is 4.49. The van der Waals surface area contributed by atoms with E-state index in [1.165, 1.54) is 12.0 Å². The normalized spacial score (nSPS) is 17.1. The van der Waals surface area contributed by atoms with E-state index in [4.69, 9.17) is 21.1 Å². The smallest absolute Gasteiger partial charge is 0.300 e. The van der Waals surface area contributed by atoms with Gasteiger partial charge >= 0.3 is 0 Å². The average Bonchev–Trinajstić information content (AvgIpc) is 3.11. The zero-order chi connectivity index (χ0) is 25.3. The van der Waals surface area contributed by atoms with Crippen molar-refractivity contribution in [2.45, 2.75) is 26.8 Å². The number of ether oxygens (including phenoxy) is 2.